The minimum Gasteiger partial charge on any atom is -0.462 e. The topological polar surface area (TPSA) is 64.6 Å². The molecule has 1 saturated heterocycles. The summed E-state index contributed by atoms with van der Waals surface area (Å²) in [6.45, 7) is 6.74. The lowest BCUT2D eigenvalue weighted by Gasteiger charge is -2.22. The summed E-state index contributed by atoms with van der Waals surface area (Å²) in [7, 11) is 0. The lowest BCUT2D eigenvalue weighted by Crippen LogP contribution is -2.41. The molecular formula is C14H25NO4. The Morgan fingerprint density at radius 2 is 1.89 bits per heavy atom. The van der Waals surface area contributed by atoms with E-state index in [-0.39, 0.29) is 31.2 Å². The molecular weight excluding hydrogens is 246 g/mol. The van der Waals surface area contributed by atoms with E-state index in [0.717, 1.165) is 32.2 Å². The van der Waals surface area contributed by atoms with Crippen LogP contribution in [0.2, 0.25) is 0 Å². The van der Waals surface area contributed by atoms with Gasteiger partial charge in [0.2, 0.25) is 0 Å². The van der Waals surface area contributed by atoms with Gasteiger partial charge in [-0.3, -0.25) is 9.59 Å². The average molecular weight is 271 g/mol. The summed E-state index contributed by atoms with van der Waals surface area (Å²) in [6, 6.07) is -0.198. The van der Waals surface area contributed by atoms with Crippen LogP contribution < -0.4 is 5.32 Å². The van der Waals surface area contributed by atoms with Gasteiger partial charge in [-0.2, -0.15) is 0 Å². The van der Waals surface area contributed by atoms with Crippen LogP contribution in [-0.4, -0.2) is 37.7 Å². The number of nitrogens with one attached hydrogen (secondary N) is 1. The van der Waals surface area contributed by atoms with Crippen molar-refractivity contribution < 1.29 is 19.1 Å². The molecule has 0 saturated carbocycles. The van der Waals surface area contributed by atoms with Crippen molar-refractivity contribution in [2.75, 3.05) is 19.8 Å². The second-order valence-electron chi connectivity index (χ2n) is 5.54. The Morgan fingerprint density at radius 1 is 1.21 bits per heavy atom. The molecule has 5 nitrogen and oxygen atoms in total. The number of hydrogen-bond donors (Lipinski definition) is 1. The van der Waals surface area contributed by atoms with Crippen molar-refractivity contribution in [3.8, 4) is 0 Å². The number of rotatable bonds is 6. The molecule has 19 heavy (non-hydrogen) atoms. The van der Waals surface area contributed by atoms with Crippen LogP contribution in [0.15, 0.2) is 0 Å². The molecule has 0 amide bonds. The average Bonchev–Trinajstić information content (AvgIpc) is 2.43. The molecule has 1 fully saturated rings. The van der Waals surface area contributed by atoms with Gasteiger partial charge in [-0.15, -0.1) is 0 Å². The third kappa shape index (κ3) is 5.19. The Labute approximate surface area is 115 Å². The molecule has 0 aromatic rings. The van der Waals surface area contributed by atoms with E-state index < -0.39 is 5.41 Å². The molecule has 1 unspecified atom stereocenters. The van der Waals surface area contributed by atoms with Crippen LogP contribution in [0.3, 0.4) is 0 Å². The Bertz CT molecular complexity index is 309. The van der Waals surface area contributed by atoms with Gasteiger partial charge in [0.15, 0.2) is 0 Å². The summed E-state index contributed by atoms with van der Waals surface area (Å²) in [5, 5.41) is 3.12. The number of carbonyl (C=O) groups is 2. The molecule has 1 N–H and O–H groups in total. The van der Waals surface area contributed by atoms with Crippen molar-refractivity contribution in [1.29, 1.82) is 0 Å². The van der Waals surface area contributed by atoms with E-state index in [4.69, 9.17) is 9.47 Å². The fraction of sp³-hybridized carbons (Fsp3) is 0.857. The quantitative estimate of drug-likeness (QED) is 0.588. The first-order chi connectivity index (χ1) is 8.97. The molecule has 0 aromatic heterocycles. The number of hydrogen-bond acceptors (Lipinski definition) is 5. The van der Waals surface area contributed by atoms with Gasteiger partial charge in [0.25, 0.3) is 0 Å². The first kappa shape index (κ1) is 16.0. The van der Waals surface area contributed by atoms with E-state index in [1.54, 1.807) is 0 Å². The molecule has 1 aliphatic rings. The second-order valence-corrected chi connectivity index (χ2v) is 5.54. The van der Waals surface area contributed by atoms with Gasteiger partial charge in [0.05, 0.1) is 5.41 Å². The lowest BCUT2D eigenvalue weighted by molar-refractivity contribution is -0.160. The maximum Gasteiger partial charge on any atom is 0.323 e. The van der Waals surface area contributed by atoms with Gasteiger partial charge in [0, 0.05) is 0 Å². The SMILES string of the molecule is CCC(C)(C)C(=O)OCCOC(=O)C1CCCCN1. The Hall–Kier alpha value is -1.10. The summed E-state index contributed by atoms with van der Waals surface area (Å²) < 4.78 is 10.2. The zero-order chi connectivity index (χ0) is 14.3. The lowest BCUT2D eigenvalue weighted by atomic mass is 9.91. The van der Waals surface area contributed by atoms with Gasteiger partial charge in [0.1, 0.15) is 19.3 Å². The molecule has 5 heteroatoms. The van der Waals surface area contributed by atoms with Crippen molar-refractivity contribution in [3.05, 3.63) is 0 Å². The third-order valence-corrected chi connectivity index (χ3v) is 3.59. The molecule has 1 rings (SSSR count). The fourth-order valence-electron chi connectivity index (χ4n) is 1.77. The first-order valence-corrected chi connectivity index (χ1v) is 7.04. The zero-order valence-corrected chi connectivity index (χ0v) is 12.2. The van der Waals surface area contributed by atoms with Crippen molar-refractivity contribution in [2.24, 2.45) is 5.41 Å². The van der Waals surface area contributed by atoms with Crippen molar-refractivity contribution >= 4 is 11.9 Å². The molecule has 1 aliphatic heterocycles. The highest BCUT2D eigenvalue weighted by atomic mass is 16.6. The van der Waals surface area contributed by atoms with Gasteiger partial charge in [-0.05, 0) is 39.7 Å². The van der Waals surface area contributed by atoms with E-state index in [0.29, 0.717) is 0 Å². The second kappa shape index (κ2) is 7.48. The summed E-state index contributed by atoms with van der Waals surface area (Å²) >= 11 is 0. The van der Waals surface area contributed by atoms with Crippen molar-refractivity contribution in [1.82, 2.24) is 5.32 Å². The number of ether oxygens (including phenoxy) is 2. The molecule has 1 atom stereocenters. The molecule has 0 radical (unpaired) electrons. The smallest absolute Gasteiger partial charge is 0.323 e. The number of esters is 2. The summed E-state index contributed by atoms with van der Waals surface area (Å²) in [5.41, 5.74) is -0.477. The van der Waals surface area contributed by atoms with Gasteiger partial charge in [-0.25, -0.2) is 0 Å². The van der Waals surface area contributed by atoms with Crippen LogP contribution >= 0.6 is 0 Å². The summed E-state index contributed by atoms with van der Waals surface area (Å²) in [6.07, 6.45) is 3.69. The zero-order valence-electron chi connectivity index (χ0n) is 12.2. The highest BCUT2D eigenvalue weighted by Gasteiger charge is 2.27. The van der Waals surface area contributed by atoms with Crippen LogP contribution in [0.4, 0.5) is 0 Å². The Kier molecular flexibility index (Phi) is 6.28. The molecule has 0 bridgehead atoms. The van der Waals surface area contributed by atoms with Crippen LogP contribution in [0.1, 0.15) is 46.5 Å². The standard InChI is InChI=1S/C14H25NO4/c1-4-14(2,3)13(17)19-10-9-18-12(16)11-7-5-6-8-15-11/h11,15H,4-10H2,1-3H3. The van der Waals surface area contributed by atoms with Gasteiger partial charge < -0.3 is 14.8 Å². The minimum atomic E-state index is -0.477. The van der Waals surface area contributed by atoms with Gasteiger partial charge >= 0.3 is 11.9 Å². The molecule has 1 heterocycles. The number of piperidine rings is 1. The molecule has 0 spiro atoms. The summed E-state index contributed by atoms with van der Waals surface area (Å²) in [4.78, 5) is 23.3. The van der Waals surface area contributed by atoms with Crippen LogP contribution in [0, 0.1) is 5.41 Å². The monoisotopic (exact) mass is 271 g/mol. The van der Waals surface area contributed by atoms with Crippen LogP contribution in [-0.2, 0) is 19.1 Å². The molecule has 0 aliphatic carbocycles. The minimum absolute atomic E-state index is 0.126. The Balaban J connectivity index is 2.16. The predicted molar refractivity (Wildman–Crippen MR) is 71.6 cm³/mol. The summed E-state index contributed by atoms with van der Waals surface area (Å²) in [5.74, 6) is -0.493. The highest BCUT2D eigenvalue weighted by molar-refractivity contribution is 5.76. The maximum atomic E-state index is 11.7. The van der Waals surface area contributed by atoms with E-state index in [9.17, 15) is 9.59 Å². The van der Waals surface area contributed by atoms with E-state index in [2.05, 4.69) is 5.32 Å². The Morgan fingerprint density at radius 3 is 2.47 bits per heavy atom. The van der Waals surface area contributed by atoms with Gasteiger partial charge in [-0.1, -0.05) is 13.3 Å². The van der Waals surface area contributed by atoms with E-state index in [1.807, 2.05) is 20.8 Å². The predicted octanol–water partition coefficient (Wildman–Crippen LogP) is 1.65. The van der Waals surface area contributed by atoms with Crippen molar-refractivity contribution in [2.45, 2.75) is 52.5 Å². The molecule has 0 aromatic carbocycles. The van der Waals surface area contributed by atoms with E-state index in [1.165, 1.54) is 0 Å². The molecule has 110 valence electrons. The highest BCUT2D eigenvalue weighted by Crippen LogP contribution is 2.21. The fourth-order valence-corrected chi connectivity index (χ4v) is 1.77. The largest absolute Gasteiger partial charge is 0.462 e. The normalized spacial score (nSPS) is 19.8. The third-order valence-electron chi connectivity index (χ3n) is 3.59. The maximum absolute atomic E-state index is 11.7. The van der Waals surface area contributed by atoms with Crippen LogP contribution in [0.25, 0.3) is 0 Å². The van der Waals surface area contributed by atoms with Crippen molar-refractivity contribution in [3.63, 3.8) is 0 Å². The van der Waals surface area contributed by atoms with E-state index >= 15 is 0 Å². The van der Waals surface area contributed by atoms with Crippen LogP contribution in [0.5, 0.6) is 0 Å². The number of carbonyl (C=O) groups excluding carboxylic acids is 2. The first-order valence-electron chi connectivity index (χ1n) is 7.04.